The van der Waals surface area contributed by atoms with E-state index >= 15 is 0 Å². The summed E-state index contributed by atoms with van der Waals surface area (Å²) in [5.74, 6) is -1.89. The van der Waals surface area contributed by atoms with Crippen LogP contribution in [0.1, 0.15) is 23.1 Å². The number of carbonyl (C=O) groups excluding carboxylic acids is 3. The van der Waals surface area contributed by atoms with E-state index in [9.17, 15) is 18.8 Å². The summed E-state index contributed by atoms with van der Waals surface area (Å²) in [5, 5.41) is 4.96. The summed E-state index contributed by atoms with van der Waals surface area (Å²) in [6.07, 6.45) is -1.32. The van der Waals surface area contributed by atoms with Crippen molar-refractivity contribution >= 4 is 23.7 Å². The summed E-state index contributed by atoms with van der Waals surface area (Å²) < 4.78 is 24.3. The van der Waals surface area contributed by atoms with E-state index in [1.807, 2.05) is 24.3 Å². The van der Waals surface area contributed by atoms with Gasteiger partial charge in [-0.25, -0.2) is 9.18 Å². The van der Waals surface area contributed by atoms with Gasteiger partial charge in [0.25, 0.3) is 0 Å². The average molecular weight is 464 g/mol. The first-order valence-corrected chi connectivity index (χ1v) is 10.6. The summed E-state index contributed by atoms with van der Waals surface area (Å²) in [4.78, 5) is 37.6. The summed E-state index contributed by atoms with van der Waals surface area (Å²) >= 11 is 0. The molecule has 0 bridgehead atoms. The van der Waals surface area contributed by atoms with Crippen LogP contribution in [0.4, 0.5) is 14.9 Å². The molecule has 0 heterocycles. The Kier molecular flexibility index (Phi) is 8.73. The van der Waals surface area contributed by atoms with E-state index in [4.69, 9.17) is 9.47 Å². The average Bonchev–Trinajstić information content (AvgIpc) is 2.85. The molecule has 3 rings (SSSR count). The molecule has 0 saturated carbocycles. The van der Waals surface area contributed by atoms with E-state index in [-0.39, 0.29) is 24.5 Å². The van der Waals surface area contributed by atoms with Gasteiger partial charge in [0.15, 0.2) is 0 Å². The van der Waals surface area contributed by atoms with Crippen LogP contribution in [0.25, 0.3) is 0 Å². The van der Waals surface area contributed by atoms with Gasteiger partial charge in [-0.15, -0.1) is 0 Å². The van der Waals surface area contributed by atoms with E-state index in [0.717, 1.165) is 11.1 Å². The lowest BCUT2D eigenvalue weighted by Crippen LogP contribution is -2.45. The molecule has 34 heavy (non-hydrogen) atoms. The third-order valence-electron chi connectivity index (χ3n) is 4.96. The summed E-state index contributed by atoms with van der Waals surface area (Å²) in [6, 6.07) is 21.0. The first-order valence-electron chi connectivity index (χ1n) is 10.6. The predicted octanol–water partition coefficient (Wildman–Crippen LogP) is 4.50. The smallest absolute Gasteiger partial charge is 0.408 e. The molecular formula is C26H25FN2O5. The fraction of sp³-hybridized carbons (Fsp3) is 0.192. The van der Waals surface area contributed by atoms with Crippen LogP contribution in [0.2, 0.25) is 0 Å². The Morgan fingerprint density at radius 3 is 2.03 bits per heavy atom. The van der Waals surface area contributed by atoms with Crippen molar-refractivity contribution in [2.24, 2.45) is 0 Å². The number of benzene rings is 3. The summed E-state index contributed by atoms with van der Waals surface area (Å²) in [5.41, 5.74) is 2.00. The van der Waals surface area contributed by atoms with E-state index in [0.29, 0.717) is 0 Å². The van der Waals surface area contributed by atoms with E-state index in [2.05, 4.69) is 10.6 Å². The molecule has 2 amide bonds. The minimum absolute atomic E-state index is 0.0114. The Morgan fingerprint density at radius 1 is 0.824 bits per heavy atom. The van der Waals surface area contributed by atoms with Crippen LogP contribution < -0.4 is 10.6 Å². The molecule has 176 valence electrons. The second kappa shape index (κ2) is 12.2. The van der Waals surface area contributed by atoms with E-state index < -0.39 is 36.2 Å². The SMILES string of the molecule is Cc1c(F)cccc1NC(=O)[C@H](CC(=O)OCc1ccccc1)NC(=O)OCc1ccccc1. The number of alkyl carbamates (subject to hydrolysis) is 1. The Balaban J connectivity index is 1.65. The number of anilines is 1. The molecule has 1 atom stereocenters. The molecule has 0 saturated heterocycles. The van der Waals surface area contributed by atoms with Gasteiger partial charge in [0, 0.05) is 11.3 Å². The molecule has 8 heteroatoms. The molecule has 0 spiro atoms. The number of rotatable bonds is 9. The molecule has 0 radical (unpaired) electrons. The van der Waals surface area contributed by atoms with Gasteiger partial charge in [-0.2, -0.15) is 0 Å². The van der Waals surface area contributed by atoms with Crippen LogP contribution in [-0.4, -0.2) is 24.0 Å². The maximum Gasteiger partial charge on any atom is 0.408 e. The highest BCUT2D eigenvalue weighted by molar-refractivity contribution is 5.99. The fourth-order valence-corrected chi connectivity index (χ4v) is 3.04. The Labute approximate surface area is 196 Å². The number of amides is 2. The van der Waals surface area contributed by atoms with Crippen molar-refractivity contribution in [2.45, 2.75) is 32.6 Å². The van der Waals surface area contributed by atoms with Gasteiger partial charge in [-0.05, 0) is 30.2 Å². The Morgan fingerprint density at radius 2 is 1.41 bits per heavy atom. The number of halogens is 1. The maximum atomic E-state index is 13.9. The Hall–Kier alpha value is -4.20. The number of nitrogens with one attached hydrogen (secondary N) is 2. The summed E-state index contributed by atoms with van der Waals surface area (Å²) in [7, 11) is 0. The fourth-order valence-electron chi connectivity index (χ4n) is 3.04. The lowest BCUT2D eigenvalue weighted by Gasteiger charge is -2.19. The van der Waals surface area contributed by atoms with Gasteiger partial charge in [-0.3, -0.25) is 9.59 Å². The van der Waals surface area contributed by atoms with Gasteiger partial charge < -0.3 is 20.1 Å². The van der Waals surface area contributed by atoms with Crippen molar-refractivity contribution in [1.29, 1.82) is 0 Å². The predicted molar refractivity (Wildman–Crippen MR) is 124 cm³/mol. The highest BCUT2D eigenvalue weighted by atomic mass is 19.1. The first kappa shape index (κ1) is 24.4. The topological polar surface area (TPSA) is 93.7 Å². The van der Waals surface area contributed by atoms with Gasteiger partial charge in [0.05, 0.1) is 6.42 Å². The van der Waals surface area contributed by atoms with Crippen molar-refractivity contribution in [3.8, 4) is 0 Å². The third kappa shape index (κ3) is 7.44. The number of carbonyl (C=O) groups is 3. The maximum absolute atomic E-state index is 13.9. The molecule has 0 unspecified atom stereocenters. The molecule has 0 aliphatic rings. The van der Waals surface area contributed by atoms with Crippen molar-refractivity contribution in [3.05, 3.63) is 101 Å². The molecule has 3 aromatic rings. The monoisotopic (exact) mass is 464 g/mol. The molecule has 3 aromatic carbocycles. The van der Waals surface area contributed by atoms with Crippen LogP contribution in [0, 0.1) is 12.7 Å². The zero-order chi connectivity index (χ0) is 24.3. The van der Waals surface area contributed by atoms with Crippen LogP contribution in [0.15, 0.2) is 78.9 Å². The van der Waals surface area contributed by atoms with Crippen LogP contribution in [0.3, 0.4) is 0 Å². The quantitative estimate of drug-likeness (QED) is 0.455. The van der Waals surface area contributed by atoms with Gasteiger partial charge >= 0.3 is 12.1 Å². The minimum Gasteiger partial charge on any atom is -0.461 e. The van der Waals surface area contributed by atoms with Crippen LogP contribution in [-0.2, 0) is 32.3 Å². The lowest BCUT2D eigenvalue weighted by atomic mass is 10.1. The van der Waals surface area contributed by atoms with Gasteiger partial charge in [-0.1, -0.05) is 66.7 Å². The molecule has 7 nitrogen and oxygen atoms in total. The largest absolute Gasteiger partial charge is 0.461 e. The molecule has 0 fully saturated rings. The molecule has 2 N–H and O–H groups in total. The van der Waals surface area contributed by atoms with Gasteiger partial charge in [0.1, 0.15) is 25.1 Å². The zero-order valence-corrected chi connectivity index (χ0v) is 18.6. The standard InChI is InChI=1S/C26H25FN2O5/c1-18-21(27)13-8-14-22(18)28-25(31)23(15-24(30)33-16-19-9-4-2-5-10-19)29-26(32)34-17-20-11-6-3-7-12-20/h2-14,23H,15-17H2,1H3,(H,28,31)(H,29,32)/t23-/m0/s1. The Bertz CT molecular complexity index is 1070. The summed E-state index contributed by atoms with van der Waals surface area (Å²) in [6.45, 7) is 1.52. The lowest BCUT2D eigenvalue weighted by molar-refractivity contribution is -0.146. The number of ether oxygens (including phenoxy) is 2. The minimum atomic E-state index is -1.30. The second-order valence-electron chi connectivity index (χ2n) is 7.51. The molecule has 0 aliphatic carbocycles. The van der Waals surface area contributed by atoms with Crippen LogP contribution in [0.5, 0.6) is 0 Å². The van der Waals surface area contributed by atoms with Crippen molar-refractivity contribution < 1.29 is 28.2 Å². The second-order valence-corrected chi connectivity index (χ2v) is 7.51. The highest BCUT2D eigenvalue weighted by Crippen LogP contribution is 2.18. The van der Waals surface area contributed by atoms with Crippen molar-refractivity contribution in [3.63, 3.8) is 0 Å². The van der Waals surface area contributed by atoms with E-state index in [1.54, 1.807) is 36.4 Å². The first-order chi connectivity index (χ1) is 16.4. The number of hydrogen-bond acceptors (Lipinski definition) is 5. The molecular weight excluding hydrogens is 439 g/mol. The molecule has 0 aromatic heterocycles. The number of hydrogen-bond donors (Lipinski definition) is 2. The van der Waals surface area contributed by atoms with Crippen LogP contribution >= 0.6 is 0 Å². The third-order valence-corrected chi connectivity index (χ3v) is 4.96. The van der Waals surface area contributed by atoms with E-state index in [1.165, 1.54) is 25.1 Å². The van der Waals surface area contributed by atoms with Crippen molar-refractivity contribution in [1.82, 2.24) is 5.32 Å². The zero-order valence-electron chi connectivity index (χ0n) is 18.6. The number of esters is 1. The van der Waals surface area contributed by atoms with Crippen molar-refractivity contribution in [2.75, 3.05) is 5.32 Å². The normalized spacial score (nSPS) is 11.2. The van der Waals surface area contributed by atoms with Gasteiger partial charge in [0.2, 0.25) is 5.91 Å². The highest BCUT2D eigenvalue weighted by Gasteiger charge is 2.26. The molecule has 0 aliphatic heterocycles.